The monoisotopic (exact) mass is 326 g/mol. The average Bonchev–Trinajstić information content (AvgIpc) is 2.61. The Morgan fingerprint density at radius 1 is 1.08 bits per heavy atom. The fourth-order valence-electron chi connectivity index (χ4n) is 2.99. The molecule has 5 heteroatoms. The number of piperazine rings is 1. The molecule has 2 heterocycles. The van der Waals surface area contributed by atoms with Gasteiger partial charge in [0.1, 0.15) is 0 Å². The van der Waals surface area contributed by atoms with E-state index in [9.17, 15) is 4.79 Å². The van der Waals surface area contributed by atoms with Crippen molar-refractivity contribution < 1.29 is 0 Å². The van der Waals surface area contributed by atoms with Crippen molar-refractivity contribution in [3.05, 3.63) is 64.1 Å². The van der Waals surface area contributed by atoms with Crippen LogP contribution in [0.3, 0.4) is 0 Å². The van der Waals surface area contributed by atoms with Gasteiger partial charge in [-0.15, -0.1) is 0 Å². The van der Waals surface area contributed by atoms with Crippen molar-refractivity contribution in [3.63, 3.8) is 0 Å². The number of hydrogen-bond acceptors (Lipinski definition) is 4. The summed E-state index contributed by atoms with van der Waals surface area (Å²) in [6.45, 7) is 9.08. The molecular weight excluding hydrogens is 300 g/mol. The SMILES string of the molecule is Cc1ccc(=O)n(Cc2ccc(NCCN3CCNCC3)cc2)c1. The van der Waals surface area contributed by atoms with E-state index in [1.165, 1.54) is 0 Å². The molecule has 1 aromatic carbocycles. The Balaban J connectivity index is 1.51. The molecule has 128 valence electrons. The van der Waals surface area contributed by atoms with E-state index in [1.54, 1.807) is 10.6 Å². The highest BCUT2D eigenvalue weighted by molar-refractivity contribution is 5.44. The average molecular weight is 326 g/mol. The number of aromatic nitrogens is 1. The van der Waals surface area contributed by atoms with Crippen molar-refractivity contribution in [1.82, 2.24) is 14.8 Å². The van der Waals surface area contributed by atoms with E-state index in [0.717, 1.165) is 56.1 Å². The van der Waals surface area contributed by atoms with Crippen LogP contribution in [-0.2, 0) is 6.54 Å². The summed E-state index contributed by atoms with van der Waals surface area (Å²) in [5, 5.41) is 6.84. The minimum absolute atomic E-state index is 0.0406. The predicted octanol–water partition coefficient (Wildman–Crippen LogP) is 1.52. The number of pyridine rings is 1. The minimum atomic E-state index is 0.0406. The summed E-state index contributed by atoms with van der Waals surface area (Å²) in [5.74, 6) is 0. The number of benzene rings is 1. The van der Waals surface area contributed by atoms with Crippen LogP contribution in [0, 0.1) is 6.92 Å². The van der Waals surface area contributed by atoms with Gasteiger partial charge in [0, 0.05) is 57.2 Å². The molecule has 1 saturated heterocycles. The summed E-state index contributed by atoms with van der Waals surface area (Å²) in [6, 6.07) is 11.8. The maximum Gasteiger partial charge on any atom is 0.250 e. The summed E-state index contributed by atoms with van der Waals surface area (Å²) < 4.78 is 1.75. The molecule has 1 fully saturated rings. The highest BCUT2D eigenvalue weighted by atomic mass is 16.1. The lowest BCUT2D eigenvalue weighted by atomic mass is 10.2. The van der Waals surface area contributed by atoms with Crippen molar-refractivity contribution in [3.8, 4) is 0 Å². The van der Waals surface area contributed by atoms with Gasteiger partial charge < -0.3 is 15.2 Å². The van der Waals surface area contributed by atoms with Crippen LogP contribution in [-0.4, -0.2) is 48.7 Å². The normalized spacial score (nSPS) is 15.4. The van der Waals surface area contributed by atoms with Gasteiger partial charge >= 0.3 is 0 Å². The third-order valence-electron chi connectivity index (χ3n) is 4.40. The van der Waals surface area contributed by atoms with Crippen LogP contribution < -0.4 is 16.2 Å². The summed E-state index contributed by atoms with van der Waals surface area (Å²) in [5.41, 5.74) is 3.40. The first kappa shape index (κ1) is 16.7. The van der Waals surface area contributed by atoms with E-state index in [0.29, 0.717) is 6.54 Å². The van der Waals surface area contributed by atoms with Crippen molar-refractivity contribution in [2.24, 2.45) is 0 Å². The van der Waals surface area contributed by atoms with Crippen LogP contribution in [0.15, 0.2) is 47.4 Å². The zero-order valence-corrected chi connectivity index (χ0v) is 14.3. The molecule has 0 atom stereocenters. The number of anilines is 1. The van der Waals surface area contributed by atoms with Gasteiger partial charge in [0.2, 0.25) is 0 Å². The fraction of sp³-hybridized carbons (Fsp3) is 0.421. The van der Waals surface area contributed by atoms with Crippen molar-refractivity contribution >= 4 is 5.69 Å². The molecule has 1 aliphatic heterocycles. The third kappa shape index (κ3) is 4.69. The highest BCUT2D eigenvalue weighted by Gasteiger charge is 2.08. The molecule has 2 N–H and O–H groups in total. The first-order valence-electron chi connectivity index (χ1n) is 8.64. The van der Waals surface area contributed by atoms with E-state index in [4.69, 9.17) is 0 Å². The number of nitrogens with one attached hydrogen (secondary N) is 2. The topological polar surface area (TPSA) is 49.3 Å². The van der Waals surface area contributed by atoms with Crippen LogP contribution in [0.2, 0.25) is 0 Å². The predicted molar refractivity (Wildman–Crippen MR) is 98.8 cm³/mol. The fourth-order valence-corrected chi connectivity index (χ4v) is 2.99. The molecule has 0 radical (unpaired) electrons. The van der Waals surface area contributed by atoms with E-state index >= 15 is 0 Å². The zero-order valence-electron chi connectivity index (χ0n) is 14.3. The number of aryl methyl sites for hydroxylation is 1. The smallest absolute Gasteiger partial charge is 0.250 e. The first-order chi connectivity index (χ1) is 11.7. The van der Waals surface area contributed by atoms with Gasteiger partial charge in [-0.05, 0) is 30.2 Å². The standard InChI is InChI=1S/C19H26N4O/c1-16-2-7-19(24)23(14-16)15-17-3-5-18(6-4-17)21-10-13-22-11-8-20-9-12-22/h2-7,14,20-21H,8-13,15H2,1H3. The van der Waals surface area contributed by atoms with Gasteiger partial charge in [0.05, 0.1) is 6.54 Å². The maximum atomic E-state index is 11.9. The second-order valence-electron chi connectivity index (χ2n) is 6.39. The highest BCUT2D eigenvalue weighted by Crippen LogP contribution is 2.10. The quantitative estimate of drug-likeness (QED) is 0.845. The van der Waals surface area contributed by atoms with E-state index in [-0.39, 0.29) is 5.56 Å². The Morgan fingerprint density at radius 2 is 1.83 bits per heavy atom. The summed E-state index contributed by atoms with van der Waals surface area (Å²) in [6.07, 6.45) is 1.90. The Bertz CT molecular complexity index is 702. The van der Waals surface area contributed by atoms with Crippen LogP contribution in [0.1, 0.15) is 11.1 Å². The molecule has 0 bridgehead atoms. The molecule has 24 heavy (non-hydrogen) atoms. The summed E-state index contributed by atoms with van der Waals surface area (Å²) in [4.78, 5) is 14.4. The summed E-state index contributed by atoms with van der Waals surface area (Å²) >= 11 is 0. The van der Waals surface area contributed by atoms with Crippen LogP contribution in [0.25, 0.3) is 0 Å². The van der Waals surface area contributed by atoms with Gasteiger partial charge in [-0.25, -0.2) is 0 Å². The van der Waals surface area contributed by atoms with E-state index < -0.39 is 0 Å². The molecule has 5 nitrogen and oxygen atoms in total. The molecule has 2 aromatic rings. The second-order valence-corrected chi connectivity index (χ2v) is 6.39. The molecule has 0 spiro atoms. The largest absolute Gasteiger partial charge is 0.384 e. The minimum Gasteiger partial charge on any atom is -0.384 e. The Morgan fingerprint density at radius 3 is 2.58 bits per heavy atom. The Hall–Kier alpha value is -2.11. The number of rotatable bonds is 6. The van der Waals surface area contributed by atoms with Crippen LogP contribution >= 0.6 is 0 Å². The molecular formula is C19H26N4O. The molecule has 1 aromatic heterocycles. The number of hydrogen-bond donors (Lipinski definition) is 2. The van der Waals surface area contributed by atoms with Gasteiger partial charge in [-0.3, -0.25) is 9.69 Å². The van der Waals surface area contributed by atoms with Crippen molar-refractivity contribution in [2.45, 2.75) is 13.5 Å². The van der Waals surface area contributed by atoms with Gasteiger partial charge in [0.25, 0.3) is 5.56 Å². The maximum absolute atomic E-state index is 11.9. The lowest BCUT2D eigenvalue weighted by Gasteiger charge is -2.27. The molecule has 3 rings (SSSR count). The van der Waals surface area contributed by atoms with Gasteiger partial charge in [-0.2, -0.15) is 0 Å². The molecule has 0 saturated carbocycles. The van der Waals surface area contributed by atoms with Gasteiger partial charge in [0.15, 0.2) is 0 Å². The zero-order chi connectivity index (χ0) is 16.8. The lowest BCUT2D eigenvalue weighted by molar-refractivity contribution is 0.249. The number of nitrogens with zero attached hydrogens (tertiary/aromatic N) is 2. The van der Waals surface area contributed by atoms with E-state index in [1.807, 2.05) is 19.2 Å². The first-order valence-corrected chi connectivity index (χ1v) is 8.64. The Kier molecular flexibility index (Phi) is 5.67. The van der Waals surface area contributed by atoms with Crippen molar-refractivity contribution in [2.75, 3.05) is 44.6 Å². The lowest BCUT2D eigenvalue weighted by Crippen LogP contribution is -2.45. The molecule has 0 aliphatic carbocycles. The van der Waals surface area contributed by atoms with Crippen LogP contribution in [0.4, 0.5) is 5.69 Å². The van der Waals surface area contributed by atoms with Crippen LogP contribution in [0.5, 0.6) is 0 Å². The molecule has 0 amide bonds. The molecule has 1 aliphatic rings. The van der Waals surface area contributed by atoms with Crippen molar-refractivity contribution in [1.29, 1.82) is 0 Å². The third-order valence-corrected chi connectivity index (χ3v) is 4.40. The Labute approximate surface area is 143 Å². The van der Waals surface area contributed by atoms with E-state index in [2.05, 4.69) is 39.8 Å². The molecule has 0 unspecified atom stereocenters. The van der Waals surface area contributed by atoms with Gasteiger partial charge in [-0.1, -0.05) is 18.2 Å². The second kappa shape index (κ2) is 8.13. The summed E-state index contributed by atoms with van der Waals surface area (Å²) in [7, 11) is 0.